The summed E-state index contributed by atoms with van der Waals surface area (Å²) in [6.45, 7) is 0. The van der Waals surface area contributed by atoms with E-state index in [2.05, 4.69) is 11.0 Å². The first-order valence-corrected chi connectivity index (χ1v) is 12.9. The number of nitrogens with zero attached hydrogens (tertiary/aromatic N) is 5. The Kier molecular flexibility index (Phi) is 6.34. The highest BCUT2D eigenvalue weighted by Crippen LogP contribution is 2.41. The maximum atomic E-state index is 13.7. The molecule has 1 aliphatic carbocycles. The van der Waals surface area contributed by atoms with Crippen LogP contribution in [0.25, 0.3) is 31.6 Å². The molecule has 0 aliphatic heterocycles. The zero-order valence-electron chi connectivity index (χ0n) is 19.8. The molecule has 4 aromatic rings. The van der Waals surface area contributed by atoms with E-state index in [1.165, 1.54) is 49.9 Å². The van der Waals surface area contributed by atoms with Gasteiger partial charge in [-0.3, -0.25) is 9.36 Å². The number of benzene rings is 1. The van der Waals surface area contributed by atoms with Crippen LogP contribution in [0.1, 0.15) is 63.0 Å². The SMILES string of the molecule is CN(C)c1c(-c2cccc(C#N)c2)cnc2sc3c(=O)n(C4CCCCCCCC4)cnc3c12. The zero-order valence-corrected chi connectivity index (χ0v) is 20.6. The van der Waals surface area contributed by atoms with Crippen LogP contribution in [0.2, 0.25) is 0 Å². The highest BCUT2D eigenvalue weighted by molar-refractivity contribution is 7.25. The molecule has 0 saturated heterocycles. The maximum Gasteiger partial charge on any atom is 0.271 e. The van der Waals surface area contributed by atoms with Crippen molar-refractivity contribution < 1.29 is 0 Å². The Morgan fingerprint density at radius 3 is 2.53 bits per heavy atom. The summed E-state index contributed by atoms with van der Waals surface area (Å²) in [5.41, 5.74) is 4.20. The van der Waals surface area contributed by atoms with Crippen LogP contribution in [-0.2, 0) is 0 Å². The number of fused-ring (bicyclic) bond motifs is 3. The molecule has 6 nitrogen and oxygen atoms in total. The summed E-state index contributed by atoms with van der Waals surface area (Å²) in [5, 5.41) is 10.3. The van der Waals surface area contributed by atoms with Crippen molar-refractivity contribution in [1.29, 1.82) is 5.26 Å². The second-order valence-corrected chi connectivity index (χ2v) is 10.4. The quantitative estimate of drug-likeness (QED) is 0.351. The molecule has 34 heavy (non-hydrogen) atoms. The number of rotatable bonds is 3. The summed E-state index contributed by atoms with van der Waals surface area (Å²) < 4.78 is 2.56. The molecule has 174 valence electrons. The summed E-state index contributed by atoms with van der Waals surface area (Å²) in [5.74, 6) is 0. The molecule has 0 bridgehead atoms. The summed E-state index contributed by atoms with van der Waals surface area (Å²) in [6, 6.07) is 9.99. The second-order valence-electron chi connectivity index (χ2n) is 9.38. The van der Waals surface area contributed by atoms with Crippen LogP contribution in [0, 0.1) is 11.3 Å². The van der Waals surface area contributed by atoms with Crippen molar-refractivity contribution in [2.45, 2.75) is 57.4 Å². The molecule has 0 atom stereocenters. The number of anilines is 1. The van der Waals surface area contributed by atoms with E-state index >= 15 is 0 Å². The Hall–Kier alpha value is -3.24. The molecule has 3 aromatic heterocycles. The van der Waals surface area contributed by atoms with Crippen molar-refractivity contribution in [3.05, 3.63) is 52.7 Å². The van der Waals surface area contributed by atoms with Gasteiger partial charge in [0.15, 0.2) is 0 Å². The van der Waals surface area contributed by atoms with Gasteiger partial charge in [-0.1, -0.05) is 50.7 Å². The Balaban J connectivity index is 1.68. The summed E-state index contributed by atoms with van der Waals surface area (Å²) in [6.07, 6.45) is 13.1. The molecule has 1 saturated carbocycles. The first kappa shape index (κ1) is 22.5. The van der Waals surface area contributed by atoms with Crippen LogP contribution in [0.4, 0.5) is 5.69 Å². The Labute approximate surface area is 203 Å². The average molecular weight is 472 g/mol. The number of hydrogen-bond donors (Lipinski definition) is 0. The average Bonchev–Trinajstić information content (AvgIpc) is 3.29. The van der Waals surface area contributed by atoms with Crippen molar-refractivity contribution >= 4 is 37.5 Å². The maximum absolute atomic E-state index is 13.7. The van der Waals surface area contributed by atoms with Gasteiger partial charge in [0.2, 0.25) is 0 Å². The standard InChI is InChI=1S/C27H29N5OS/c1-31(2)24-21(19-11-9-10-18(14-19)15-28)16-29-26-22(24)23-25(34-26)27(33)32(17-30-23)20-12-7-5-3-4-6-8-13-20/h9-11,14,16-17,20H,3-8,12-13H2,1-2H3. The first-order chi connectivity index (χ1) is 16.6. The first-order valence-electron chi connectivity index (χ1n) is 12.1. The number of pyridine rings is 1. The number of hydrogen-bond acceptors (Lipinski definition) is 6. The minimum absolute atomic E-state index is 0.0509. The largest absolute Gasteiger partial charge is 0.376 e. The van der Waals surface area contributed by atoms with E-state index in [1.54, 1.807) is 12.4 Å². The lowest BCUT2D eigenvalue weighted by molar-refractivity contribution is 0.404. The third-order valence-electron chi connectivity index (χ3n) is 6.88. The third kappa shape index (κ3) is 4.07. The van der Waals surface area contributed by atoms with Gasteiger partial charge in [0.05, 0.1) is 34.6 Å². The Bertz CT molecular complexity index is 1440. The van der Waals surface area contributed by atoms with E-state index in [-0.39, 0.29) is 11.6 Å². The molecule has 0 N–H and O–H groups in total. The lowest BCUT2D eigenvalue weighted by Gasteiger charge is -2.20. The highest BCUT2D eigenvalue weighted by atomic mass is 32.1. The fourth-order valence-electron chi connectivity index (χ4n) is 5.17. The highest BCUT2D eigenvalue weighted by Gasteiger charge is 2.22. The van der Waals surface area contributed by atoms with Crippen LogP contribution in [0.5, 0.6) is 0 Å². The molecule has 5 rings (SSSR count). The van der Waals surface area contributed by atoms with Crippen LogP contribution >= 0.6 is 11.3 Å². The van der Waals surface area contributed by atoms with E-state index in [4.69, 9.17) is 9.97 Å². The van der Waals surface area contributed by atoms with Gasteiger partial charge < -0.3 is 4.90 Å². The summed E-state index contributed by atoms with van der Waals surface area (Å²) >= 11 is 1.44. The molecule has 1 fully saturated rings. The fraction of sp³-hybridized carbons (Fsp3) is 0.407. The Morgan fingerprint density at radius 2 is 1.82 bits per heavy atom. The molecule has 0 unspecified atom stereocenters. The molecule has 1 aromatic carbocycles. The van der Waals surface area contributed by atoms with Crippen molar-refractivity contribution in [3.8, 4) is 17.2 Å². The topological polar surface area (TPSA) is 74.8 Å². The van der Waals surface area contributed by atoms with Crippen molar-refractivity contribution in [3.63, 3.8) is 0 Å². The predicted molar refractivity (Wildman–Crippen MR) is 140 cm³/mol. The molecule has 1 aliphatic rings. The lowest BCUT2D eigenvalue weighted by atomic mass is 10.0. The number of nitriles is 1. The Morgan fingerprint density at radius 1 is 1.09 bits per heavy atom. The smallest absolute Gasteiger partial charge is 0.271 e. The second kappa shape index (κ2) is 9.55. The molecule has 0 radical (unpaired) electrons. The zero-order chi connectivity index (χ0) is 23.7. The van der Waals surface area contributed by atoms with Crippen LogP contribution in [0.15, 0.2) is 41.6 Å². The summed E-state index contributed by atoms with van der Waals surface area (Å²) in [7, 11) is 3.99. The normalized spacial score (nSPS) is 15.6. The van der Waals surface area contributed by atoms with E-state index in [0.717, 1.165) is 45.4 Å². The van der Waals surface area contributed by atoms with Crippen molar-refractivity contribution in [2.24, 2.45) is 0 Å². The van der Waals surface area contributed by atoms with E-state index in [0.29, 0.717) is 10.3 Å². The van der Waals surface area contributed by atoms with E-state index < -0.39 is 0 Å². The van der Waals surface area contributed by atoms with Crippen LogP contribution < -0.4 is 10.5 Å². The molecule has 7 heteroatoms. The van der Waals surface area contributed by atoms with E-state index in [9.17, 15) is 10.1 Å². The van der Waals surface area contributed by atoms with Gasteiger partial charge >= 0.3 is 0 Å². The van der Waals surface area contributed by atoms with Crippen LogP contribution in [-0.4, -0.2) is 28.6 Å². The predicted octanol–water partition coefficient (Wildman–Crippen LogP) is 6.29. The van der Waals surface area contributed by atoms with Gasteiger partial charge in [-0.2, -0.15) is 5.26 Å². The van der Waals surface area contributed by atoms with Gasteiger partial charge in [0.25, 0.3) is 5.56 Å². The lowest BCUT2D eigenvalue weighted by Crippen LogP contribution is -2.24. The van der Waals surface area contributed by atoms with Gasteiger partial charge in [-0.05, 0) is 30.5 Å². The van der Waals surface area contributed by atoms with Gasteiger partial charge in [0, 0.05) is 31.9 Å². The van der Waals surface area contributed by atoms with Gasteiger partial charge in [-0.15, -0.1) is 11.3 Å². The fourth-order valence-corrected chi connectivity index (χ4v) is 6.21. The monoisotopic (exact) mass is 471 g/mol. The molecule has 3 heterocycles. The van der Waals surface area contributed by atoms with Crippen molar-refractivity contribution in [1.82, 2.24) is 14.5 Å². The van der Waals surface area contributed by atoms with E-state index in [1.807, 2.05) is 43.1 Å². The minimum atomic E-state index is 0.0509. The van der Waals surface area contributed by atoms with Crippen molar-refractivity contribution in [2.75, 3.05) is 19.0 Å². The third-order valence-corrected chi connectivity index (χ3v) is 7.95. The van der Waals surface area contributed by atoms with Crippen LogP contribution in [0.3, 0.4) is 0 Å². The molecule has 0 amide bonds. The number of thiophene rings is 1. The number of aromatic nitrogens is 3. The molecular weight excluding hydrogens is 442 g/mol. The van der Waals surface area contributed by atoms with Gasteiger partial charge in [-0.25, -0.2) is 9.97 Å². The summed E-state index contributed by atoms with van der Waals surface area (Å²) in [4.78, 5) is 26.1. The molecular formula is C27H29N5OS. The molecule has 0 spiro atoms. The minimum Gasteiger partial charge on any atom is -0.376 e. The van der Waals surface area contributed by atoms with Gasteiger partial charge in [0.1, 0.15) is 9.53 Å².